The Morgan fingerprint density at radius 2 is 1.73 bits per heavy atom. The van der Waals surface area contributed by atoms with Crippen LogP contribution in [0.15, 0.2) is 42.5 Å². The van der Waals surface area contributed by atoms with Crippen LogP contribution in [0.5, 0.6) is 0 Å². The number of fused-ring (bicyclic) bond motifs is 1. The smallest absolute Gasteiger partial charge is 0.251 e. The highest BCUT2D eigenvalue weighted by atomic mass is 127. The van der Waals surface area contributed by atoms with Gasteiger partial charge in [-0.15, -0.1) is 0 Å². The molecule has 2 nitrogen and oxygen atoms in total. The zero-order valence-corrected chi connectivity index (χ0v) is 14.9. The lowest BCUT2D eigenvalue weighted by atomic mass is 9.89. The number of carbonyl (C=O) groups is 1. The molecule has 114 valence electrons. The van der Waals surface area contributed by atoms with Crippen LogP contribution in [0.3, 0.4) is 0 Å². The molecule has 0 radical (unpaired) electrons. The summed E-state index contributed by atoms with van der Waals surface area (Å²) in [4.78, 5) is 12.3. The molecule has 0 fully saturated rings. The Morgan fingerprint density at radius 3 is 2.45 bits per heavy atom. The second-order valence-electron chi connectivity index (χ2n) is 5.94. The van der Waals surface area contributed by atoms with E-state index in [0.717, 1.165) is 3.57 Å². The number of rotatable bonds is 3. The predicted molar refractivity (Wildman–Crippen MR) is 98.1 cm³/mol. The highest BCUT2D eigenvalue weighted by molar-refractivity contribution is 14.1. The molecule has 1 amide bonds. The first-order valence-electron chi connectivity index (χ1n) is 7.81. The van der Waals surface area contributed by atoms with Crippen molar-refractivity contribution in [1.29, 1.82) is 0 Å². The minimum atomic E-state index is -0.0124. The predicted octanol–water partition coefficient (Wildman–Crippen LogP) is 4.66. The number of nitrogens with one attached hydrogen (secondary N) is 1. The molecule has 3 rings (SSSR count). The van der Waals surface area contributed by atoms with E-state index in [-0.39, 0.29) is 11.9 Å². The molecule has 0 saturated heterocycles. The third-order valence-electron chi connectivity index (χ3n) is 4.33. The quantitative estimate of drug-likeness (QED) is 0.740. The first kappa shape index (κ1) is 15.5. The van der Waals surface area contributed by atoms with Gasteiger partial charge in [-0.3, -0.25) is 4.79 Å². The summed E-state index contributed by atoms with van der Waals surface area (Å²) in [5.41, 5.74) is 4.84. The monoisotopic (exact) mass is 405 g/mol. The molecular formula is C19H20INO. The fraction of sp³-hybridized carbons (Fsp3) is 0.316. The summed E-state index contributed by atoms with van der Waals surface area (Å²) in [6, 6.07) is 14.3. The highest BCUT2D eigenvalue weighted by Crippen LogP contribution is 2.25. The Kier molecular flexibility index (Phi) is 4.81. The van der Waals surface area contributed by atoms with E-state index in [1.165, 1.54) is 42.4 Å². The van der Waals surface area contributed by atoms with Crippen LogP contribution in [-0.2, 0) is 12.8 Å². The molecule has 1 atom stereocenters. The van der Waals surface area contributed by atoms with Crippen LogP contribution in [-0.4, -0.2) is 5.91 Å². The van der Waals surface area contributed by atoms with Gasteiger partial charge in [0.2, 0.25) is 0 Å². The van der Waals surface area contributed by atoms with Crippen LogP contribution in [0.4, 0.5) is 0 Å². The average Bonchev–Trinajstić information content (AvgIpc) is 2.55. The fourth-order valence-electron chi connectivity index (χ4n) is 2.99. The van der Waals surface area contributed by atoms with Crippen LogP contribution in [0.1, 0.15) is 52.9 Å². The number of amides is 1. The van der Waals surface area contributed by atoms with Crippen molar-refractivity contribution in [3.63, 3.8) is 0 Å². The third kappa shape index (κ3) is 3.51. The van der Waals surface area contributed by atoms with Gasteiger partial charge in [0, 0.05) is 9.13 Å². The van der Waals surface area contributed by atoms with E-state index < -0.39 is 0 Å². The van der Waals surface area contributed by atoms with Gasteiger partial charge >= 0.3 is 0 Å². The molecule has 2 aromatic carbocycles. The van der Waals surface area contributed by atoms with Crippen molar-refractivity contribution in [2.24, 2.45) is 0 Å². The summed E-state index contributed by atoms with van der Waals surface area (Å²) in [7, 11) is 0. The van der Waals surface area contributed by atoms with Crippen LogP contribution in [0.25, 0.3) is 0 Å². The lowest BCUT2D eigenvalue weighted by Crippen LogP contribution is -2.26. The van der Waals surface area contributed by atoms with Crippen LogP contribution in [0.2, 0.25) is 0 Å². The Bertz CT molecular complexity index is 678. The number of aryl methyl sites for hydroxylation is 2. The number of hydrogen-bond donors (Lipinski definition) is 1. The maximum Gasteiger partial charge on any atom is 0.251 e. The summed E-state index contributed by atoms with van der Waals surface area (Å²) in [5, 5.41) is 3.10. The molecule has 0 aromatic heterocycles. The normalized spacial score (nSPS) is 15.0. The van der Waals surface area contributed by atoms with Gasteiger partial charge in [-0.25, -0.2) is 0 Å². The maximum atomic E-state index is 12.3. The number of benzene rings is 2. The van der Waals surface area contributed by atoms with Crippen LogP contribution < -0.4 is 5.32 Å². The first-order valence-corrected chi connectivity index (χ1v) is 8.89. The summed E-state index contributed by atoms with van der Waals surface area (Å²) < 4.78 is 1.14. The van der Waals surface area contributed by atoms with E-state index in [9.17, 15) is 4.79 Å². The Morgan fingerprint density at radius 1 is 1.05 bits per heavy atom. The summed E-state index contributed by atoms with van der Waals surface area (Å²) in [5.74, 6) is -0.0124. The Hall–Kier alpha value is -1.36. The second kappa shape index (κ2) is 6.82. The standard InChI is InChI=1S/C19H20INO/c1-13(21-19(22)15-8-10-18(20)11-9-15)16-7-6-14-4-2-3-5-17(14)12-16/h6-13H,2-5H2,1H3,(H,21,22)/t13-/m0/s1. The van der Waals surface area contributed by atoms with Crippen molar-refractivity contribution in [3.8, 4) is 0 Å². The van der Waals surface area contributed by atoms with Crippen molar-refractivity contribution < 1.29 is 4.79 Å². The maximum absolute atomic E-state index is 12.3. The zero-order chi connectivity index (χ0) is 15.5. The molecule has 2 aromatic rings. The van der Waals surface area contributed by atoms with Crippen molar-refractivity contribution >= 4 is 28.5 Å². The fourth-order valence-corrected chi connectivity index (χ4v) is 3.35. The summed E-state index contributed by atoms with van der Waals surface area (Å²) >= 11 is 2.24. The number of carbonyl (C=O) groups excluding carboxylic acids is 1. The number of halogens is 1. The van der Waals surface area contributed by atoms with Gasteiger partial charge in [0.1, 0.15) is 0 Å². The molecule has 0 unspecified atom stereocenters. The molecule has 1 N–H and O–H groups in total. The molecule has 0 spiro atoms. The van der Waals surface area contributed by atoms with Crippen molar-refractivity contribution in [2.45, 2.75) is 38.6 Å². The minimum absolute atomic E-state index is 0.0124. The van der Waals surface area contributed by atoms with E-state index >= 15 is 0 Å². The molecular weight excluding hydrogens is 385 g/mol. The Balaban J connectivity index is 1.72. The SMILES string of the molecule is C[C@H](NC(=O)c1ccc(I)cc1)c1ccc2c(c1)CCCC2. The zero-order valence-electron chi connectivity index (χ0n) is 12.7. The molecule has 0 bridgehead atoms. The van der Waals surface area contributed by atoms with Gasteiger partial charge in [0.05, 0.1) is 6.04 Å². The van der Waals surface area contributed by atoms with Gasteiger partial charge in [0.25, 0.3) is 5.91 Å². The second-order valence-corrected chi connectivity index (χ2v) is 7.18. The van der Waals surface area contributed by atoms with E-state index in [2.05, 4.69) is 53.0 Å². The average molecular weight is 405 g/mol. The molecule has 0 saturated carbocycles. The number of hydrogen-bond acceptors (Lipinski definition) is 1. The lowest BCUT2D eigenvalue weighted by molar-refractivity contribution is 0.0940. The van der Waals surface area contributed by atoms with Crippen molar-refractivity contribution in [1.82, 2.24) is 5.32 Å². The van der Waals surface area contributed by atoms with E-state index in [0.29, 0.717) is 5.56 Å². The lowest BCUT2D eigenvalue weighted by Gasteiger charge is -2.20. The molecule has 0 heterocycles. The Labute approximate surface area is 145 Å². The van der Waals surface area contributed by atoms with E-state index in [4.69, 9.17) is 0 Å². The summed E-state index contributed by atoms with van der Waals surface area (Å²) in [6.45, 7) is 2.05. The highest BCUT2D eigenvalue weighted by Gasteiger charge is 2.14. The third-order valence-corrected chi connectivity index (χ3v) is 5.05. The van der Waals surface area contributed by atoms with E-state index in [1.807, 2.05) is 24.3 Å². The van der Waals surface area contributed by atoms with Crippen LogP contribution in [0, 0.1) is 3.57 Å². The van der Waals surface area contributed by atoms with Gasteiger partial charge < -0.3 is 5.32 Å². The van der Waals surface area contributed by atoms with Gasteiger partial charge in [-0.05, 0) is 96.2 Å². The van der Waals surface area contributed by atoms with E-state index in [1.54, 1.807) is 0 Å². The summed E-state index contributed by atoms with van der Waals surface area (Å²) in [6.07, 6.45) is 4.94. The van der Waals surface area contributed by atoms with Gasteiger partial charge in [0.15, 0.2) is 0 Å². The molecule has 1 aliphatic rings. The minimum Gasteiger partial charge on any atom is -0.346 e. The van der Waals surface area contributed by atoms with Gasteiger partial charge in [-0.2, -0.15) is 0 Å². The molecule has 0 aliphatic heterocycles. The topological polar surface area (TPSA) is 29.1 Å². The molecule has 22 heavy (non-hydrogen) atoms. The van der Waals surface area contributed by atoms with Crippen molar-refractivity contribution in [2.75, 3.05) is 0 Å². The molecule has 3 heteroatoms. The van der Waals surface area contributed by atoms with Crippen molar-refractivity contribution in [3.05, 3.63) is 68.3 Å². The first-order chi connectivity index (χ1) is 10.6. The van der Waals surface area contributed by atoms with Crippen LogP contribution >= 0.6 is 22.6 Å². The molecule has 1 aliphatic carbocycles. The largest absolute Gasteiger partial charge is 0.346 e. The van der Waals surface area contributed by atoms with Gasteiger partial charge in [-0.1, -0.05) is 18.2 Å².